The molecule has 1 fully saturated rings. The predicted molar refractivity (Wildman–Crippen MR) is 93.2 cm³/mol. The zero-order valence-corrected chi connectivity index (χ0v) is 14.3. The Morgan fingerprint density at radius 1 is 1.35 bits per heavy atom. The number of hydrogen-bond donors (Lipinski definition) is 1. The molecule has 0 spiro atoms. The van der Waals surface area contributed by atoms with Crippen LogP contribution in [0, 0.1) is 6.92 Å². The maximum atomic E-state index is 12.8. The van der Waals surface area contributed by atoms with Gasteiger partial charge in [0.15, 0.2) is 5.82 Å². The summed E-state index contributed by atoms with van der Waals surface area (Å²) < 4.78 is 5.76. The second kappa shape index (κ2) is 7.01. The number of ether oxygens (including phenoxy) is 1. The number of H-pyrrole nitrogens is 1. The van der Waals surface area contributed by atoms with Gasteiger partial charge in [0.2, 0.25) is 0 Å². The molecule has 0 aliphatic carbocycles. The minimum absolute atomic E-state index is 0.117. The van der Waals surface area contributed by atoms with E-state index in [1.165, 1.54) is 0 Å². The molecule has 8 heteroatoms. The van der Waals surface area contributed by atoms with E-state index in [0.717, 1.165) is 11.3 Å². The Balaban J connectivity index is 1.50. The number of aromatic amines is 1. The van der Waals surface area contributed by atoms with Crippen molar-refractivity contribution in [3.8, 4) is 11.3 Å². The van der Waals surface area contributed by atoms with Gasteiger partial charge in [-0.1, -0.05) is 0 Å². The van der Waals surface area contributed by atoms with E-state index < -0.39 is 0 Å². The van der Waals surface area contributed by atoms with Gasteiger partial charge in [0.1, 0.15) is 11.8 Å². The number of nitrogens with zero attached hydrogens (tertiary/aromatic N) is 5. The van der Waals surface area contributed by atoms with Gasteiger partial charge in [-0.2, -0.15) is 5.10 Å². The van der Waals surface area contributed by atoms with Crippen LogP contribution in [0.2, 0.25) is 0 Å². The van der Waals surface area contributed by atoms with Crippen molar-refractivity contribution in [2.45, 2.75) is 13.0 Å². The topological polar surface area (TPSA) is 96.9 Å². The molecule has 0 unspecified atom stereocenters. The highest BCUT2D eigenvalue weighted by Crippen LogP contribution is 2.22. The highest BCUT2D eigenvalue weighted by atomic mass is 16.5. The van der Waals surface area contributed by atoms with Gasteiger partial charge in [0, 0.05) is 36.4 Å². The molecule has 1 amide bonds. The lowest BCUT2D eigenvalue weighted by Gasteiger charge is -2.31. The molecule has 0 saturated carbocycles. The van der Waals surface area contributed by atoms with E-state index in [2.05, 4.69) is 25.1 Å². The Labute approximate surface area is 150 Å². The molecular weight excluding hydrogens is 332 g/mol. The summed E-state index contributed by atoms with van der Waals surface area (Å²) in [5.41, 5.74) is 2.86. The van der Waals surface area contributed by atoms with Crippen LogP contribution in [0.3, 0.4) is 0 Å². The van der Waals surface area contributed by atoms with Gasteiger partial charge in [-0.15, -0.1) is 0 Å². The fraction of sp³-hybridized carbons (Fsp3) is 0.278. The molecule has 0 radical (unpaired) electrons. The molecule has 1 saturated heterocycles. The lowest BCUT2D eigenvalue weighted by atomic mass is 10.2. The Kier molecular flexibility index (Phi) is 4.40. The first-order chi connectivity index (χ1) is 12.7. The van der Waals surface area contributed by atoms with Crippen LogP contribution in [-0.2, 0) is 4.74 Å². The molecule has 1 N–H and O–H groups in total. The van der Waals surface area contributed by atoms with Gasteiger partial charge in [0.05, 0.1) is 18.8 Å². The second-order valence-corrected chi connectivity index (χ2v) is 6.08. The van der Waals surface area contributed by atoms with E-state index in [-0.39, 0.29) is 12.0 Å². The summed E-state index contributed by atoms with van der Waals surface area (Å²) in [5, 5.41) is 7.05. The van der Waals surface area contributed by atoms with Crippen LogP contribution in [0.5, 0.6) is 0 Å². The van der Waals surface area contributed by atoms with Gasteiger partial charge in [-0.25, -0.2) is 9.97 Å². The molecule has 1 atom stereocenters. The minimum atomic E-state index is -0.326. The Bertz CT molecular complexity index is 911. The molecule has 0 bridgehead atoms. The van der Waals surface area contributed by atoms with Crippen molar-refractivity contribution in [1.82, 2.24) is 30.0 Å². The first-order valence-corrected chi connectivity index (χ1v) is 8.37. The number of rotatable bonds is 3. The van der Waals surface area contributed by atoms with Crippen molar-refractivity contribution in [3.05, 3.63) is 60.1 Å². The summed E-state index contributed by atoms with van der Waals surface area (Å²) in [4.78, 5) is 27.3. The lowest BCUT2D eigenvalue weighted by molar-refractivity contribution is -0.0270. The number of nitrogens with one attached hydrogen (secondary N) is 1. The molecule has 1 aliphatic heterocycles. The molecule has 4 heterocycles. The molecular formula is C18H18N6O2. The van der Waals surface area contributed by atoms with E-state index in [1.807, 2.05) is 25.1 Å². The van der Waals surface area contributed by atoms with Crippen LogP contribution >= 0.6 is 0 Å². The van der Waals surface area contributed by atoms with Crippen LogP contribution < -0.4 is 0 Å². The third-order valence-electron chi connectivity index (χ3n) is 4.22. The van der Waals surface area contributed by atoms with Crippen molar-refractivity contribution in [1.29, 1.82) is 0 Å². The fourth-order valence-corrected chi connectivity index (χ4v) is 2.88. The van der Waals surface area contributed by atoms with Gasteiger partial charge < -0.3 is 9.64 Å². The monoisotopic (exact) mass is 350 g/mol. The smallest absolute Gasteiger partial charge is 0.272 e. The minimum Gasteiger partial charge on any atom is -0.367 e. The molecule has 8 nitrogen and oxygen atoms in total. The summed E-state index contributed by atoms with van der Waals surface area (Å²) in [6.07, 6.45) is 4.79. The standard InChI is InChI=1S/C18H18N6O2/c1-12-4-6-20-17(21-12)16-11-24(7-8-26-16)18(25)15-9-14(22-23-15)13-3-2-5-19-10-13/h2-6,9-10,16H,7-8,11H2,1H3,(H,22,23)/t16-/m0/s1. The summed E-state index contributed by atoms with van der Waals surface area (Å²) in [7, 11) is 0. The first-order valence-electron chi connectivity index (χ1n) is 8.37. The summed E-state index contributed by atoms with van der Waals surface area (Å²) >= 11 is 0. The number of amides is 1. The van der Waals surface area contributed by atoms with E-state index >= 15 is 0 Å². The average Bonchev–Trinajstić information content (AvgIpc) is 3.18. The van der Waals surface area contributed by atoms with Gasteiger partial charge in [0.25, 0.3) is 5.91 Å². The normalized spacial score (nSPS) is 17.3. The quantitative estimate of drug-likeness (QED) is 0.773. The third kappa shape index (κ3) is 3.31. The Morgan fingerprint density at radius 2 is 2.27 bits per heavy atom. The first kappa shape index (κ1) is 16.3. The van der Waals surface area contributed by atoms with Crippen LogP contribution in [0.1, 0.15) is 28.1 Å². The zero-order valence-electron chi connectivity index (χ0n) is 14.3. The SMILES string of the molecule is Cc1ccnc([C@@H]2CN(C(=O)c3cc(-c4cccnc4)n[nH]3)CCO2)n1. The van der Waals surface area contributed by atoms with Gasteiger partial charge >= 0.3 is 0 Å². The van der Waals surface area contributed by atoms with Crippen molar-refractivity contribution in [2.24, 2.45) is 0 Å². The fourth-order valence-electron chi connectivity index (χ4n) is 2.88. The van der Waals surface area contributed by atoms with Crippen LogP contribution in [-0.4, -0.2) is 55.7 Å². The second-order valence-electron chi connectivity index (χ2n) is 6.08. The Hall–Kier alpha value is -3.13. The predicted octanol–water partition coefficient (Wildman–Crippen LogP) is 1.78. The number of aryl methyl sites for hydroxylation is 1. The molecule has 4 rings (SSSR count). The summed E-state index contributed by atoms with van der Waals surface area (Å²) in [5.74, 6) is 0.483. The van der Waals surface area contributed by atoms with E-state index in [4.69, 9.17) is 4.74 Å². The number of carbonyl (C=O) groups is 1. The summed E-state index contributed by atoms with van der Waals surface area (Å²) in [6.45, 7) is 3.27. The molecule has 132 valence electrons. The van der Waals surface area contributed by atoms with Crippen LogP contribution in [0.25, 0.3) is 11.3 Å². The van der Waals surface area contributed by atoms with Gasteiger partial charge in [-0.3, -0.25) is 14.9 Å². The maximum Gasteiger partial charge on any atom is 0.272 e. The van der Waals surface area contributed by atoms with Crippen molar-refractivity contribution >= 4 is 5.91 Å². The largest absolute Gasteiger partial charge is 0.367 e. The van der Waals surface area contributed by atoms with Crippen molar-refractivity contribution < 1.29 is 9.53 Å². The lowest BCUT2D eigenvalue weighted by Crippen LogP contribution is -2.42. The highest BCUT2D eigenvalue weighted by molar-refractivity contribution is 5.93. The number of morpholine rings is 1. The molecule has 3 aromatic rings. The van der Waals surface area contributed by atoms with Crippen molar-refractivity contribution in [3.63, 3.8) is 0 Å². The molecule has 26 heavy (non-hydrogen) atoms. The number of aromatic nitrogens is 5. The molecule has 0 aromatic carbocycles. The third-order valence-corrected chi connectivity index (χ3v) is 4.22. The van der Waals surface area contributed by atoms with E-state index in [1.54, 1.807) is 29.6 Å². The highest BCUT2D eigenvalue weighted by Gasteiger charge is 2.28. The molecule has 1 aliphatic rings. The van der Waals surface area contributed by atoms with Crippen LogP contribution in [0.15, 0.2) is 42.9 Å². The van der Waals surface area contributed by atoms with Crippen LogP contribution in [0.4, 0.5) is 0 Å². The zero-order chi connectivity index (χ0) is 17.9. The van der Waals surface area contributed by atoms with E-state index in [0.29, 0.717) is 36.9 Å². The van der Waals surface area contributed by atoms with E-state index in [9.17, 15) is 4.79 Å². The average molecular weight is 350 g/mol. The van der Waals surface area contributed by atoms with Crippen molar-refractivity contribution in [2.75, 3.05) is 19.7 Å². The Morgan fingerprint density at radius 3 is 3.08 bits per heavy atom. The molecule has 3 aromatic heterocycles. The number of carbonyl (C=O) groups excluding carboxylic acids is 1. The maximum absolute atomic E-state index is 12.8. The summed E-state index contributed by atoms with van der Waals surface area (Å²) in [6, 6.07) is 7.31. The number of hydrogen-bond acceptors (Lipinski definition) is 6. The number of pyridine rings is 1. The van der Waals surface area contributed by atoms with Gasteiger partial charge in [-0.05, 0) is 31.2 Å².